The van der Waals surface area contributed by atoms with Crippen molar-refractivity contribution in [3.63, 3.8) is 0 Å². The molecule has 0 aliphatic rings. The van der Waals surface area contributed by atoms with E-state index in [4.69, 9.17) is 21.1 Å². The lowest BCUT2D eigenvalue weighted by atomic mass is 10.2. The zero-order valence-electron chi connectivity index (χ0n) is 13.2. The lowest BCUT2D eigenvalue weighted by Crippen LogP contribution is -2.52. The molecule has 8 N–H and O–H groups in total. The van der Waals surface area contributed by atoms with Gasteiger partial charge >= 0.3 is 12.0 Å². The number of nitrogens with zero attached hydrogens (tertiary/aromatic N) is 2. The number of nitrogens with one attached hydrogen (secondary N) is 2. The molecule has 0 spiro atoms. The normalized spacial score (nSPS) is 15.7. The highest BCUT2D eigenvalue weighted by molar-refractivity contribution is 7.80. The Balaban J connectivity index is 2.89. The standard InChI is InChI=1S/C12H20N6O6S/c1-4(19)8(11(21)22)16-12(23)15-6(2-7(14)20)10-17-9(18-24-10)5(13)3-25/h4-6,8,19,25H,2-3,13H2,1H3,(H2,14,20)(H,21,22)(H2,15,16,23)/t4?,5-,6-,8?/m0/s1. The maximum Gasteiger partial charge on any atom is 0.328 e. The van der Waals surface area contributed by atoms with Crippen LogP contribution in [0.3, 0.4) is 0 Å². The number of carboxylic acids is 1. The average molecular weight is 376 g/mol. The van der Waals surface area contributed by atoms with Gasteiger partial charge in [0.2, 0.25) is 11.8 Å². The molecular weight excluding hydrogens is 356 g/mol. The topological polar surface area (TPSA) is 207 Å². The SMILES string of the molecule is CC(O)C(NC(=O)N[C@@H](CC(N)=O)c1nc([C@@H](N)CS)no1)C(=O)O. The summed E-state index contributed by atoms with van der Waals surface area (Å²) in [5.41, 5.74) is 10.8. The van der Waals surface area contributed by atoms with Crippen molar-refractivity contribution in [1.82, 2.24) is 20.8 Å². The van der Waals surface area contributed by atoms with Gasteiger partial charge in [-0.3, -0.25) is 4.79 Å². The van der Waals surface area contributed by atoms with E-state index in [1.807, 2.05) is 0 Å². The second-order valence-corrected chi connectivity index (χ2v) is 5.54. The molecule has 1 aromatic rings. The number of carbonyl (C=O) groups is 3. The third-order valence-corrected chi connectivity index (χ3v) is 3.42. The van der Waals surface area contributed by atoms with Crippen LogP contribution in [0.25, 0.3) is 0 Å². The van der Waals surface area contributed by atoms with E-state index < -0.39 is 42.1 Å². The Kier molecular flexibility index (Phi) is 7.60. The van der Waals surface area contributed by atoms with E-state index in [0.29, 0.717) is 0 Å². The van der Waals surface area contributed by atoms with Gasteiger partial charge < -0.3 is 36.8 Å². The summed E-state index contributed by atoms with van der Waals surface area (Å²) in [5, 5.41) is 26.3. The molecule has 3 amide bonds. The number of carbonyl (C=O) groups excluding carboxylic acids is 2. The number of nitrogens with two attached hydrogens (primary N) is 2. The lowest BCUT2D eigenvalue weighted by molar-refractivity contribution is -0.141. The van der Waals surface area contributed by atoms with Crippen LogP contribution in [0, 0.1) is 0 Å². The number of amides is 3. The van der Waals surface area contributed by atoms with Gasteiger partial charge in [0.1, 0.15) is 6.04 Å². The first kappa shape index (κ1) is 20.7. The summed E-state index contributed by atoms with van der Waals surface area (Å²) in [4.78, 5) is 38.1. The molecule has 4 atom stereocenters. The molecule has 0 radical (unpaired) electrons. The first-order valence-electron chi connectivity index (χ1n) is 7.11. The second-order valence-electron chi connectivity index (χ2n) is 5.18. The molecule has 12 nitrogen and oxygen atoms in total. The quantitative estimate of drug-likeness (QED) is 0.239. The maximum absolute atomic E-state index is 11.9. The van der Waals surface area contributed by atoms with Crippen molar-refractivity contribution in [2.24, 2.45) is 11.5 Å². The zero-order valence-corrected chi connectivity index (χ0v) is 14.1. The van der Waals surface area contributed by atoms with Gasteiger partial charge in [0.15, 0.2) is 11.9 Å². The molecule has 0 bridgehead atoms. The summed E-state index contributed by atoms with van der Waals surface area (Å²) in [7, 11) is 0. The number of urea groups is 1. The number of aromatic nitrogens is 2. The Bertz CT molecular complexity index is 623. The van der Waals surface area contributed by atoms with Crippen molar-refractivity contribution in [3.8, 4) is 0 Å². The fraction of sp³-hybridized carbons (Fsp3) is 0.583. The number of aliphatic hydroxyl groups excluding tert-OH is 1. The second kappa shape index (κ2) is 9.19. The Labute approximate surface area is 147 Å². The van der Waals surface area contributed by atoms with Crippen molar-refractivity contribution in [2.45, 2.75) is 37.6 Å². The number of thiol groups is 1. The molecule has 0 fully saturated rings. The van der Waals surface area contributed by atoms with Crippen LogP contribution >= 0.6 is 12.6 Å². The van der Waals surface area contributed by atoms with Gasteiger partial charge in [-0.25, -0.2) is 9.59 Å². The number of hydrogen-bond donors (Lipinski definition) is 7. The highest BCUT2D eigenvalue weighted by Gasteiger charge is 2.29. The van der Waals surface area contributed by atoms with Crippen LogP contribution in [0.15, 0.2) is 4.52 Å². The molecule has 0 aromatic carbocycles. The predicted molar refractivity (Wildman–Crippen MR) is 86.4 cm³/mol. The van der Waals surface area contributed by atoms with Crippen molar-refractivity contribution in [2.75, 3.05) is 5.75 Å². The highest BCUT2D eigenvalue weighted by atomic mass is 32.1. The van der Waals surface area contributed by atoms with Gasteiger partial charge in [-0.05, 0) is 6.92 Å². The summed E-state index contributed by atoms with van der Waals surface area (Å²) in [6, 6.07) is -4.24. The van der Waals surface area contributed by atoms with Crippen LogP contribution < -0.4 is 22.1 Å². The Morgan fingerprint density at radius 2 is 2.00 bits per heavy atom. The molecule has 1 rings (SSSR count). The molecule has 0 saturated carbocycles. The van der Waals surface area contributed by atoms with Crippen molar-refractivity contribution < 1.29 is 29.1 Å². The fourth-order valence-electron chi connectivity index (χ4n) is 1.75. The van der Waals surface area contributed by atoms with E-state index in [1.165, 1.54) is 6.92 Å². The van der Waals surface area contributed by atoms with Crippen molar-refractivity contribution in [1.29, 1.82) is 0 Å². The molecular formula is C12H20N6O6S. The lowest BCUT2D eigenvalue weighted by Gasteiger charge is -2.19. The van der Waals surface area contributed by atoms with E-state index in [1.54, 1.807) is 0 Å². The van der Waals surface area contributed by atoms with E-state index in [2.05, 4.69) is 33.4 Å². The minimum absolute atomic E-state index is 0.120. The van der Waals surface area contributed by atoms with Gasteiger partial charge in [-0.15, -0.1) is 0 Å². The minimum Gasteiger partial charge on any atom is -0.480 e. The Morgan fingerprint density at radius 1 is 1.36 bits per heavy atom. The van der Waals surface area contributed by atoms with Crippen molar-refractivity contribution in [3.05, 3.63) is 11.7 Å². The van der Waals surface area contributed by atoms with Gasteiger partial charge in [0, 0.05) is 5.75 Å². The average Bonchev–Trinajstić information content (AvgIpc) is 3.00. The number of rotatable bonds is 9. The summed E-state index contributed by atoms with van der Waals surface area (Å²) >= 11 is 4.00. The summed E-state index contributed by atoms with van der Waals surface area (Å²) in [5.74, 6) is -1.98. The van der Waals surface area contributed by atoms with E-state index in [0.717, 1.165) is 0 Å². The summed E-state index contributed by atoms with van der Waals surface area (Å²) < 4.78 is 4.96. The molecule has 25 heavy (non-hydrogen) atoms. The maximum atomic E-state index is 11.9. The van der Waals surface area contributed by atoms with Gasteiger partial charge in [-0.1, -0.05) is 5.16 Å². The summed E-state index contributed by atoms with van der Waals surface area (Å²) in [6.07, 6.45) is -1.72. The number of hydrogen-bond acceptors (Lipinski definition) is 9. The van der Waals surface area contributed by atoms with E-state index in [-0.39, 0.29) is 23.9 Å². The first-order chi connectivity index (χ1) is 11.6. The number of aliphatic carboxylic acids is 1. The first-order valence-corrected chi connectivity index (χ1v) is 7.75. The number of carboxylic acid groups (broad SMARTS) is 1. The van der Waals surface area contributed by atoms with Crippen LogP contribution in [0.1, 0.15) is 37.1 Å². The monoisotopic (exact) mass is 376 g/mol. The van der Waals surface area contributed by atoms with Crippen LogP contribution in [-0.2, 0) is 9.59 Å². The van der Waals surface area contributed by atoms with Crippen molar-refractivity contribution >= 4 is 30.5 Å². The molecule has 1 heterocycles. The van der Waals surface area contributed by atoms with Crippen LogP contribution in [0.5, 0.6) is 0 Å². The van der Waals surface area contributed by atoms with Crippen LogP contribution in [-0.4, -0.2) is 56.2 Å². The molecule has 140 valence electrons. The number of primary amides is 1. The molecule has 0 aliphatic heterocycles. The zero-order chi connectivity index (χ0) is 19.1. The summed E-state index contributed by atoms with van der Waals surface area (Å²) in [6.45, 7) is 1.20. The third kappa shape index (κ3) is 6.21. The molecule has 0 aliphatic carbocycles. The minimum atomic E-state index is -1.55. The highest BCUT2D eigenvalue weighted by Crippen LogP contribution is 2.17. The Morgan fingerprint density at radius 3 is 2.48 bits per heavy atom. The van der Waals surface area contributed by atoms with E-state index >= 15 is 0 Å². The molecule has 1 aromatic heterocycles. The fourth-order valence-corrected chi connectivity index (χ4v) is 1.92. The largest absolute Gasteiger partial charge is 0.480 e. The van der Waals surface area contributed by atoms with Gasteiger partial charge in [0.05, 0.1) is 18.6 Å². The Hall–Kier alpha value is -2.38. The van der Waals surface area contributed by atoms with E-state index in [9.17, 15) is 19.5 Å². The van der Waals surface area contributed by atoms with Gasteiger partial charge in [-0.2, -0.15) is 17.6 Å². The molecule has 0 saturated heterocycles. The van der Waals surface area contributed by atoms with Crippen LogP contribution in [0.4, 0.5) is 4.79 Å². The third-order valence-electron chi connectivity index (χ3n) is 3.03. The smallest absolute Gasteiger partial charge is 0.328 e. The molecule has 2 unspecified atom stereocenters. The van der Waals surface area contributed by atoms with Gasteiger partial charge in [0.25, 0.3) is 0 Å². The predicted octanol–water partition coefficient (Wildman–Crippen LogP) is -1.95. The number of aliphatic hydroxyl groups is 1. The van der Waals surface area contributed by atoms with Crippen LogP contribution in [0.2, 0.25) is 0 Å². The molecule has 13 heteroatoms.